The molecule has 0 atom stereocenters. The van der Waals surface area contributed by atoms with Crippen LogP contribution >= 0.6 is 11.6 Å². The summed E-state index contributed by atoms with van der Waals surface area (Å²) in [5.41, 5.74) is 0.664. The molecule has 0 N–H and O–H groups in total. The van der Waals surface area contributed by atoms with E-state index >= 15 is 0 Å². The Bertz CT molecular complexity index is 427. The molecule has 2 rings (SSSR count). The predicted molar refractivity (Wildman–Crippen MR) is 54.3 cm³/mol. The van der Waals surface area contributed by atoms with E-state index in [1.165, 1.54) is 6.08 Å². The second-order valence-corrected chi connectivity index (χ2v) is 3.36. The zero-order chi connectivity index (χ0) is 10.7. The van der Waals surface area contributed by atoms with Crippen LogP contribution in [-0.2, 0) is 11.3 Å². The Balaban J connectivity index is 2.44. The summed E-state index contributed by atoms with van der Waals surface area (Å²) in [5, 5.41) is 0.512. The Hall–Kier alpha value is -1.51. The number of ether oxygens (including phenoxy) is 2. The van der Waals surface area contributed by atoms with Gasteiger partial charge in [0.25, 0.3) is 0 Å². The van der Waals surface area contributed by atoms with Gasteiger partial charge in [0.1, 0.15) is 13.2 Å². The molecule has 0 unspecified atom stereocenters. The predicted octanol–water partition coefficient (Wildman–Crippen LogP) is 1.95. The molecule has 1 aromatic rings. The summed E-state index contributed by atoms with van der Waals surface area (Å²) in [6, 6.07) is 3.44. The van der Waals surface area contributed by atoms with Crippen molar-refractivity contribution in [3.8, 4) is 11.5 Å². The number of hydrogen-bond donors (Lipinski definition) is 0. The van der Waals surface area contributed by atoms with Gasteiger partial charge in [-0.1, -0.05) is 11.6 Å². The van der Waals surface area contributed by atoms with Crippen LogP contribution in [0.25, 0.3) is 0 Å². The molecular formula is C10H8ClNO3. The molecule has 0 aromatic heterocycles. The maximum atomic E-state index is 10.1. The summed E-state index contributed by atoms with van der Waals surface area (Å²) in [6.07, 6.45) is 1.47. The largest absolute Gasteiger partial charge is 0.486 e. The number of halogens is 1. The van der Waals surface area contributed by atoms with Gasteiger partial charge in [0, 0.05) is 10.6 Å². The highest BCUT2D eigenvalue weighted by Crippen LogP contribution is 2.38. The second kappa shape index (κ2) is 4.34. The normalized spacial score (nSPS) is 13.1. The number of hydrogen-bond acceptors (Lipinski definition) is 4. The first-order chi connectivity index (χ1) is 7.33. The van der Waals surface area contributed by atoms with E-state index in [1.807, 2.05) is 0 Å². The number of fused-ring (bicyclic) bond motifs is 1. The maximum absolute atomic E-state index is 10.1. The van der Waals surface area contributed by atoms with Crippen LogP contribution in [0.1, 0.15) is 5.56 Å². The Morgan fingerprint density at radius 3 is 3.00 bits per heavy atom. The van der Waals surface area contributed by atoms with Gasteiger partial charge in [-0.05, 0) is 12.1 Å². The highest BCUT2D eigenvalue weighted by atomic mass is 35.5. The van der Waals surface area contributed by atoms with Crippen molar-refractivity contribution in [1.29, 1.82) is 0 Å². The smallest absolute Gasteiger partial charge is 0.235 e. The van der Waals surface area contributed by atoms with Crippen LogP contribution < -0.4 is 9.47 Å². The van der Waals surface area contributed by atoms with Crippen molar-refractivity contribution in [2.75, 3.05) is 13.2 Å². The third kappa shape index (κ3) is 1.96. The quantitative estimate of drug-likeness (QED) is 0.571. The van der Waals surface area contributed by atoms with Crippen LogP contribution in [0.5, 0.6) is 11.5 Å². The summed E-state index contributed by atoms with van der Waals surface area (Å²) in [4.78, 5) is 13.5. The van der Waals surface area contributed by atoms with Crippen LogP contribution in [-0.4, -0.2) is 19.3 Å². The minimum atomic E-state index is 0.162. The molecule has 1 aliphatic heterocycles. The summed E-state index contributed by atoms with van der Waals surface area (Å²) < 4.78 is 10.8. The fourth-order valence-electron chi connectivity index (χ4n) is 1.41. The van der Waals surface area contributed by atoms with Crippen LogP contribution in [0.15, 0.2) is 17.1 Å². The minimum absolute atomic E-state index is 0.162. The maximum Gasteiger partial charge on any atom is 0.235 e. The summed E-state index contributed by atoms with van der Waals surface area (Å²) in [7, 11) is 0. The molecule has 1 heterocycles. The minimum Gasteiger partial charge on any atom is -0.486 e. The third-order valence-electron chi connectivity index (χ3n) is 2.06. The van der Waals surface area contributed by atoms with E-state index in [1.54, 1.807) is 12.1 Å². The average Bonchev–Trinajstić information content (AvgIpc) is 2.28. The molecule has 5 heteroatoms. The number of aliphatic imine (C=N–C) groups is 1. The van der Waals surface area contributed by atoms with Gasteiger partial charge in [-0.25, -0.2) is 9.79 Å². The van der Waals surface area contributed by atoms with E-state index in [4.69, 9.17) is 21.1 Å². The van der Waals surface area contributed by atoms with Gasteiger partial charge >= 0.3 is 0 Å². The van der Waals surface area contributed by atoms with Crippen LogP contribution in [0.2, 0.25) is 5.02 Å². The van der Waals surface area contributed by atoms with Crippen molar-refractivity contribution in [3.05, 3.63) is 22.7 Å². The Kier molecular flexibility index (Phi) is 2.90. The van der Waals surface area contributed by atoms with Gasteiger partial charge in [-0.2, -0.15) is 0 Å². The molecule has 0 fully saturated rings. The molecule has 0 bridgehead atoms. The zero-order valence-electron chi connectivity index (χ0n) is 7.83. The summed E-state index contributed by atoms with van der Waals surface area (Å²) in [6.45, 7) is 1.16. The number of carbonyl (C=O) groups excluding carboxylic acids is 1. The molecule has 0 saturated carbocycles. The molecular weight excluding hydrogens is 218 g/mol. The van der Waals surface area contributed by atoms with Gasteiger partial charge in [-0.15, -0.1) is 0 Å². The third-order valence-corrected chi connectivity index (χ3v) is 2.41. The first-order valence-electron chi connectivity index (χ1n) is 4.43. The number of isocyanates is 1. The van der Waals surface area contributed by atoms with E-state index in [2.05, 4.69) is 4.99 Å². The van der Waals surface area contributed by atoms with Gasteiger partial charge < -0.3 is 9.47 Å². The topological polar surface area (TPSA) is 47.9 Å². The zero-order valence-corrected chi connectivity index (χ0v) is 8.58. The fraction of sp³-hybridized carbons (Fsp3) is 0.300. The molecule has 0 amide bonds. The summed E-state index contributed by atoms with van der Waals surface area (Å²) in [5.74, 6) is 1.22. The molecule has 1 aliphatic rings. The Morgan fingerprint density at radius 2 is 2.20 bits per heavy atom. The molecule has 78 valence electrons. The van der Waals surface area contributed by atoms with Crippen molar-refractivity contribution in [1.82, 2.24) is 0 Å². The van der Waals surface area contributed by atoms with Crippen molar-refractivity contribution in [3.63, 3.8) is 0 Å². The molecule has 1 aromatic carbocycles. The van der Waals surface area contributed by atoms with Gasteiger partial charge in [0.05, 0.1) is 6.54 Å². The fourth-order valence-corrected chi connectivity index (χ4v) is 1.62. The van der Waals surface area contributed by atoms with Crippen molar-refractivity contribution >= 4 is 17.7 Å². The SMILES string of the molecule is O=C=NCc1c(Cl)ccc2c1OCCO2. The summed E-state index contributed by atoms with van der Waals surface area (Å²) >= 11 is 5.97. The highest BCUT2D eigenvalue weighted by molar-refractivity contribution is 6.31. The first kappa shape index (κ1) is 10.0. The van der Waals surface area contributed by atoms with E-state index in [0.717, 1.165) is 0 Å². The standard InChI is InChI=1S/C10H8ClNO3/c11-8-1-2-9-10(15-4-3-14-9)7(8)5-12-6-13/h1-2H,3-5H2. The molecule has 4 nitrogen and oxygen atoms in total. The average molecular weight is 226 g/mol. The number of nitrogens with zero attached hydrogens (tertiary/aromatic N) is 1. The lowest BCUT2D eigenvalue weighted by atomic mass is 10.1. The van der Waals surface area contributed by atoms with Crippen molar-refractivity contribution in [2.24, 2.45) is 4.99 Å². The van der Waals surface area contributed by atoms with E-state index in [0.29, 0.717) is 35.3 Å². The Morgan fingerprint density at radius 1 is 1.40 bits per heavy atom. The highest BCUT2D eigenvalue weighted by Gasteiger charge is 2.18. The van der Waals surface area contributed by atoms with Crippen molar-refractivity contribution in [2.45, 2.75) is 6.54 Å². The molecule has 0 spiro atoms. The lowest BCUT2D eigenvalue weighted by molar-refractivity contribution is 0.170. The van der Waals surface area contributed by atoms with Crippen LogP contribution in [0.4, 0.5) is 0 Å². The monoisotopic (exact) mass is 225 g/mol. The molecule has 0 aliphatic carbocycles. The lowest BCUT2D eigenvalue weighted by Gasteiger charge is -2.20. The van der Waals surface area contributed by atoms with E-state index in [9.17, 15) is 4.79 Å². The van der Waals surface area contributed by atoms with Gasteiger partial charge in [-0.3, -0.25) is 0 Å². The van der Waals surface area contributed by atoms with Crippen molar-refractivity contribution < 1.29 is 14.3 Å². The Labute approximate surface area is 91.5 Å². The van der Waals surface area contributed by atoms with Crippen LogP contribution in [0, 0.1) is 0 Å². The number of benzene rings is 1. The number of rotatable bonds is 2. The second-order valence-electron chi connectivity index (χ2n) is 2.96. The van der Waals surface area contributed by atoms with Gasteiger partial charge in [0.15, 0.2) is 11.5 Å². The first-order valence-corrected chi connectivity index (χ1v) is 4.81. The van der Waals surface area contributed by atoms with E-state index < -0.39 is 0 Å². The molecule has 15 heavy (non-hydrogen) atoms. The van der Waals surface area contributed by atoms with Gasteiger partial charge in [0.2, 0.25) is 6.08 Å². The van der Waals surface area contributed by atoms with E-state index in [-0.39, 0.29) is 6.54 Å². The lowest BCUT2D eigenvalue weighted by Crippen LogP contribution is -2.16. The molecule has 0 radical (unpaired) electrons. The molecule has 0 saturated heterocycles. The van der Waals surface area contributed by atoms with Crippen LogP contribution in [0.3, 0.4) is 0 Å².